The van der Waals surface area contributed by atoms with Gasteiger partial charge in [0.25, 0.3) is 0 Å². The second-order valence-electron chi connectivity index (χ2n) is 8.20. The van der Waals surface area contributed by atoms with E-state index in [1.54, 1.807) is 14.2 Å². The lowest BCUT2D eigenvalue weighted by molar-refractivity contribution is -0.137. The zero-order valence-electron chi connectivity index (χ0n) is 18.6. The number of benzene rings is 1. The summed E-state index contributed by atoms with van der Waals surface area (Å²) in [6, 6.07) is 5.81. The number of nitrogens with zero attached hydrogens (tertiary/aromatic N) is 3. The minimum Gasteiger partial charge on any atom is -0.493 e. The summed E-state index contributed by atoms with van der Waals surface area (Å²) < 4.78 is 10.6. The Balaban J connectivity index is 1.48. The van der Waals surface area contributed by atoms with Crippen LogP contribution < -0.4 is 9.47 Å². The summed E-state index contributed by atoms with van der Waals surface area (Å²) in [5.41, 5.74) is 1.08. The number of methoxy groups -OCH3 is 2. The smallest absolute Gasteiger partial charge is 0.228 e. The lowest BCUT2D eigenvalue weighted by Gasteiger charge is -2.35. The largest absolute Gasteiger partial charge is 0.493 e. The Bertz CT molecular complexity index is 731. The molecule has 2 aliphatic rings. The molecule has 166 valence electrons. The van der Waals surface area contributed by atoms with E-state index in [9.17, 15) is 9.59 Å². The van der Waals surface area contributed by atoms with E-state index in [4.69, 9.17) is 9.47 Å². The van der Waals surface area contributed by atoms with Crippen LogP contribution in [0.3, 0.4) is 0 Å². The average molecular weight is 418 g/mol. The quantitative estimate of drug-likeness (QED) is 0.615. The molecule has 0 aliphatic carbocycles. The minimum atomic E-state index is -0.204. The summed E-state index contributed by atoms with van der Waals surface area (Å²) in [5, 5.41) is 0. The van der Waals surface area contributed by atoms with E-state index in [0.29, 0.717) is 31.0 Å². The molecule has 30 heavy (non-hydrogen) atoms. The van der Waals surface area contributed by atoms with Gasteiger partial charge in [0, 0.05) is 45.7 Å². The lowest BCUT2D eigenvalue weighted by atomic mass is 10.1. The monoisotopic (exact) mass is 417 g/mol. The first-order chi connectivity index (χ1) is 14.5. The molecule has 1 aromatic carbocycles. The fourth-order valence-corrected chi connectivity index (χ4v) is 4.29. The first-order valence-corrected chi connectivity index (χ1v) is 11.1. The molecule has 0 saturated carbocycles. The predicted octanol–water partition coefficient (Wildman–Crippen LogP) is 2.04. The van der Waals surface area contributed by atoms with E-state index in [-0.39, 0.29) is 17.7 Å². The number of rotatable bonds is 9. The Kier molecular flexibility index (Phi) is 7.96. The normalized spacial score (nSPS) is 20.0. The van der Waals surface area contributed by atoms with Gasteiger partial charge in [-0.15, -0.1) is 0 Å². The van der Waals surface area contributed by atoms with E-state index in [0.717, 1.165) is 44.7 Å². The molecular formula is C23H35N3O4. The Hall–Kier alpha value is -2.28. The highest BCUT2D eigenvalue weighted by Gasteiger charge is 2.37. The third-order valence-corrected chi connectivity index (χ3v) is 6.19. The van der Waals surface area contributed by atoms with Crippen LogP contribution in [0.1, 0.15) is 31.7 Å². The Morgan fingerprint density at radius 3 is 2.47 bits per heavy atom. The number of unbranched alkanes of at least 4 members (excludes halogenated alkanes) is 1. The van der Waals surface area contributed by atoms with Crippen LogP contribution in [0.15, 0.2) is 18.2 Å². The summed E-state index contributed by atoms with van der Waals surface area (Å²) in [6.45, 7) is 7.89. The molecule has 0 radical (unpaired) electrons. The maximum Gasteiger partial charge on any atom is 0.228 e. The Labute approximate surface area is 179 Å². The van der Waals surface area contributed by atoms with Crippen molar-refractivity contribution < 1.29 is 19.1 Å². The van der Waals surface area contributed by atoms with Crippen molar-refractivity contribution in [3.8, 4) is 11.5 Å². The molecule has 0 N–H and O–H groups in total. The van der Waals surface area contributed by atoms with Crippen LogP contribution >= 0.6 is 0 Å². The van der Waals surface area contributed by atoms with Crippen molar-refractivity contribution in [3.05, 3.63) is 23.8 Å². The maximum absolute atomic E-state index is 12.9. The van der Waals surface area contributed by atoms with Crippen molar-refractivity contribution in [1.29, 1.82) is 0 Å². The van der Waals surface area contributed by atoms with Gasteiger partial charge in [0.1, 0.15) is 0 Å². The van der Waals surface area contributed by atoms with E-state index in [1.165, 1.54) is 12.8 Å². The number of hydrogen-bond acceptors (Lipinski definition) is 5. The number of likely N-dealkylation sites (tertiary alicyclic amines) is 1. The third-order valence-electron chi connectivity index (χ3n) is 6.19. The number of piperazine rings is 1. The molecule has 7 heteroatoms. The average Bonchev–Trinajstić information content (AvgIpc) is 3.16. The van der Waals surface area contributed by atoms with Gasteiger partial charge in [-0.05, 0) is 37.1 Å². The molecular weight excluding hydrogens is 382 g/mol. The summed E-state index contributed by atoms with van der Waals surface area (Å²) in [5.74, 6) is 1.40. The summed E-state index contributed by atoms with van der Waals surface area (Å²) in [6.07, 6.45) is 3.46. The van der Waals surface area contributed by atoms with Crippen LogP contribution in [-0.2, 0) is 16.0 Å². The fourth-order valence-electron chi connectivity index (χ4n) is 4.29. The molecule has 1 atom stereocenters. The molecule has 0 bridgehead atoms. The van der Waals surface area contributed by atoms with Gasteiger partial charge < -0.3 is 19.3 Å². The lowest BCUT2D eigenvalue weighted by Crippen LogP contribution is -2.50. The molecule has 3 rings (SSSR count). The SMILES string of the molecule is CCCCN1CCN(C(=O)[C@@H]2CC(=O)N(CCc3ccc(OC)c(OC)c3)C2)CC1. The van der Waals surface area contributed by atoms with Crippen LogP contribution in [0.25, 0.3) is 0 Å². The molecule has 7 nitrogen and oxygen atoms in total. The van der Waals surface area contributed by atoms with Crippen LogP contribution in [0.5, 0.6) is 11.5 Å². The molecule has 0 aromatic heterocycles. The first kappa shape index (κ1) is 22.4. The van der Waals surface area contributed by atoms with Gasteiger partial charge in [-0.25, -0.2) is 0 Å². The minimum absolute atomic E-state index is 0.0791. The van der Waals surface area contributed by atoms with Crippen molar-refractivity contribution in [2.24, 2.45) is 5.92 Å². The molecule has 2 fully saturated rings. The van der Waals surface area contributed by atoms with Gasteiger partial charge in [-0.2, -0.15) is 0 Å². The Morgan fingerprint density at radius 1 is 1.07 bits per heavy atom. The summed E-state index contributed by atoms with van der Waals surface area (Å²) in [4.78, 5) is 31.6. The van der Waals surface area contributed by atoms with Crippen molar-refractivity contribution in [2.45, 2.75) is 32.6 Å². The van der Waals surface area contributed by atoms with Crippen molar-refractivity contribution in [3.63, 3.8) is 0 Å². The highest BCUT2D eigenvalue weighted by molar-refractivity contribution is 5.89. The third kappa shape index (κ3) is 5.45. The van der Waals surface area contributed by atoms with E-state index in [1.807, 2.05) is 28.0 Å². The van der Waals surface area contributed by atoms with E-state index in [2.05, 4.69) is 11.8 Å². The number of hydrogen-bond donors (Lipinski definition) is 0. The molecule has 0 unspecified atom stereocenters. The van der Waals surface area contributed by atoms with Gasteiger partial charge in [-0.3, -0.25) is 14.5 Å². The standard InChI is InChI=1S/C23H35N3O4/c1-4-5-9-24-11-13-25(14-12-24)23(28)19-16-22(27)26(17-19)10-8-18-6-7-20(29-2)21(15-18)30-3/h6-7,15,19H,4-5,8-14,16-17H2,1-3H3/t19-/m1/s1. The zero-order chi connectivity index (χ0) is 21.5. The van der Waals surface area contributed by atoms with Crippen LogP contribution in [-0.4, -0.2) is 86.5 Å². The van der Waals surface area contributed by atoms with Crippen molar-refractivity contribution in [2.75, 3.05) is 60.0 Å². The zero-order valence-corrected chi connectivity index (χ0v) is 18.6. The second-order valence-corrected chi connectivity index (χ2v) is 8.20. The predicted molar refractivity (Wildman–Crippen MR) is 116 cm³/mol. The maximum atomic E-state index is 12.9. The van der Waals surface area contributed by atoms with Crippen molar-refractivity contribution >= 4 is 11.8 Å². The summed E-state index contributed by atoms with van der Waals surface area (Å²) in [7, 11) is 3.23. The van der Waals surface area contributed by atoms with Crippen LogP contribution in [0, 0.1) is 5.92 Å². The first-order valence-electron chi connectivity index (χ1n) is 11.1. The molecule has 2 heterocycles. The molecule has 1 aromatic rings. The van der Waals surface area contributed by atoms with Gasteiger partial charge in [-0.1, -0.05) is 19.4 Å². The number of carbonyl (C=O) groups excluding carboxylic acids is 2. The number of amides is 2. The van der Waals surface area contributed by atoms with Gasteiger partial charge in [0.05, 0.1) is 20.1 Å². The van der Waals surface area contributed by atoms with Crippen LogP contribution in [0.4, 0.5) is 0 Å². The molecule has 2 aliphatic heterocycles. The van der Waals surface area contributed by atoms with Crippen molar-refractivity contribution in [1.82, 2.24) is 14.7 Å². The topological polar surface area (TPSA) is 62.3 Å². The summed E-state index contributed by atoms with van der Waals surface area (Å²) >= 11 is 0. The highest BCUT2D eigenvalue weighted by Crippen LogP contribution is 2.28. The molecule has 2 amide bonds. The fraction of sp³-hybridized carbons (Fsp3) is 0.652. The van der Waals surface area contributed by atoms with Gasteiger partial charge in [0.15, 0.2) is 11.5 Å². The van der Waals surface area contributed by atoms with Crippen LogP contribution in [0.2, 0.25) is 0 Å². The Morgan fingerprint density at radius 2 is 1.80 bits per heavy atom. The molecule has 2 saturated heterocycles. The number of carbonyl (C=O) groups is 2. The van der Waals surface area contributed by atoms with Gasteiger partial charge >= 0.3 is 0 Å². The second kappa shape index (κ2) is 10.7. The van der Waals surface area contributed by atoms with E-state index < -0.39 is 0 Å². The van der Waals surface area contributed by atoms with E-state index >= 15 is 0 Å². The molecule has 0 spiro atoms. The highest BCUT2D eigenvalue weighted by atomic mass is 16.5. The van der Waals surface area contributed by atoms with Gasteiger partial charge in [0.2, 0.25) is 11.8 Å². The number of ether oxygens (including phenoxy) is 2.